The second kappa shape index (κ2) is 7.01. The summed E-state index contributed by atoms with van der Waals surface area (Å²) >= 11 is 0. The van der Waals surface area contributed by atoms with E-state index in [1.54, 1.807) is 0 Å². The molecule has 0 aromatic heterocycles. The fraction of sp³-hybridized carbons (Fsp3) is 0.0667. The van der Waals surface area contributed by atoms with E-state index in [4.69, 9.17) is 5.90 Å². The van der Waals surface area contributed by atoms with E-state index in [0.29, 0.717) is 17.0 Å². The molecule has 126 valence electrons. The largest absolute Gasteiger partial charge is 0.416 e. The van der Waals surface area contributed by atoms with Crippen molar-refractivity contribution in [1.82, 2.24) is 5.32 Å². The minimum absolute atomic E-state index is 0.0142. The fourth-order valence-corrected chi connectivity index (χ4v) is 1.88. The number of amides is 2. The minimum Gasteiger partial charge on any atom is -0.308 e. The van der Waals surface area contributed by atoms with Gasteiger partial charge in [0.15, 0.2) is 0 Å². The van der Waals surface area contributed by atoms with Crippen LogP contribution >= 0.6 is 0 Å². The SMILES string of the molecule is C=C1C=C(NC(=O)Nc2cccc(C(F)(F)F)c2)C=C/C1=N/ON. The highest BCUT2D eigenvalue weighted by Gasteiger charge is 2.30. The Balaban J connectivity index is 2.02. The first-order valence-electron chi connectivity index (χ1n) is 6.58. The Bertz CT molecular complexity index is 751. The van der Waals surface area contributed by atoms with Crippen LogP contribution in [-0.4, -0.2) is 11.7 Å². The van der Waals surface area contributed by atoms with Gasteiger partial charge in [-0.05, 0) is 42.0 Å². The zero-order chi connectivity index (χ0) is 17.7. The highest BCUT2D eigenvalue weighted by molar-refractivity contribution is 6.11. The van der Waals surface area contributed by atoms with Crippen LogP contribution in [0.4, 0.5) is 23.7 Å². The monoisotopic (exact) mass is 338 g/mol. The minimum atomic E-state index is -4.48. The van der Waals surface area contributed by atoms with Gasteiger partial charge in [-0.15, -0.1) is 5.90 Å². The molecule has 0 heterocycles. The average molecular weight is 338 g/mol. The molecular formula is C15H13F3N4O2. The van der Waals surface area contributed by atoms with Crippen LogP contribution in [0.5, 0.6) is 0 Å². The molecule has 1 aromatic rings. The summed E-state index contributed by atoms with van der Waals surface area (Å²) in [5, 5.41) is 8.30. The summed E-state index contributed by atoms with van der Waals surface area (Å²) in [5.74, 6) is 4.82. The number of nitrogens with one attached hydrogen (secondary N) is 2. The Morgan fingerprint density at radius 2 is 2.00 bits per heavy atom. The van der Waals surface area contributed by atoms with E-state index in [-0.39, 0.29) is 5.69 Å². The lowest BCUT2D eigenvalue weighted by atomic mass is 10.1. The maximum absolute atomic E-state index is 12.6. The van der Waals surface area contributed by atoms with Crippen molar-refractivity contribution in [2.75, 3.05) is 5.32 Å². The number of hydrogen-bond acceptors (Lipinski definition) is 4. The molecule has 0 atom stereocenters. The molecule has 0 radical (unpaired) electrons. The molecule has 0 saturated heterocycles. The maximum Gasteiger partial charge on any atom is 0.416 e. The molecule has 9 heteroatoms. The molecule has 4 N–H and O–H groups in total. The number of benzene rings is 1. The number of nitrogens with zero attached hydrogens (tertiary/aromatic N) is 1. The van der Waals surface area contributed by atoms with Crippen molar-refractivity contribution in [3.05, 3.63) is 65.9 Å². The molecule has 2 amide bonds. The zero-order valence-electron chi connectivity index (χ0n) is 12.2. The lowest BCUT2D eigenvalue weighted by Gasteiger charge is -2.13. The number of carbonyl (C=O) groups excluding carboxylic acids is 1. The molecule has 6 nitrogen and oxygen atoms in total. The molecule has 1 aliphatic carbocycles. The second-order valence-electron chi connectivity index (χ2n) is 4.70. The fourth-order valence-electron chi connectivity index (χ4n) is 1.88. The number of carbonyl (C=O) groups is 1. The third-order valence-corrected chi connectivity index (χ3v) is 2.94. The van der Waals surface area contributed by atoms with Crippen LogP contribution in [0.3, 0.4) is 0 Å². The van der Waals surface area contributed by atoms with Gasteiger partial charge >= 0.3 is 12.2 Å². The number of nitrogens with two attached hydrogens (primary N) is 1. The summed E-state index contributed by atoms with van der Waals surface area (Å²) in [5.41, 5.74) is 0.354. The lowest BCUT2D eigenvalue weighted by molar-refractivity contribution is -0.137. The molecule has 0 aliphatic heterocycles. The van der Waals surface area contributed by atoms with E-state index in [9.17, 15) is 18.0 Å². The number of alkyl halides is 3. The highest BCUT2D eigenvalue weighted by atomic mass is 19.4. The smallest absolute Gasteiger partial charge is 0.308 e. The van der Waals surface area contributed by atoms with E-state index in [1.165, 1.54) is 30.4 Å². The van der Waals surface area contributed by atoms with Crippen molar-refractivity contribution in [1.29, 1.82) is 0 Å². The van der Waals surface area contributed by atoms with Gasteiger partial charge in [-0.3, -0.25) is 0 Å². The Morgan fingerprint density at radius 1 is 1.25 bits per heavy atom. The summed E-state index contributed by atoms with van der Waals surface area (Å²) in [4.78, 5) is 16.0. The highest BCUT2D eigenvalue weighted by Crippen LogP contribution is 2.30. The third kappa shape index (κ3) is 4.46. The number of allylic oxidation sites excluding steroid dienone is 4. The van der Waals surface area contributed by atoms with E-state index in [2.05, 4.69) is 27.3 Å². The standard InChI is InChI=1S/C15H13F3N4O2/c1-9-7-12(5-6-13(9)22-24-19)21-14(23)20-11-4-2-3-10(8-11)15(16,17)18/h2-8H,1,19H2,(H2,20,21,23)/b22-13-. The number of anilines is 1. The van der Waals surface area contributed by atoms with Crippen LogP contribution in [0, 0.1) is 0 Å². The summed E-state index contributed by atoms with van der Waals surface area (Å²) in [7, 11) is 0. The van der Waals surface area contributed by atoms with E-state index in [1.807, 2.05) is 0 Å². The normalized spacial score (nSPS) is 15.9. The van der Waals surface area contributed by atoms with Gasteiger partial charge in [-0.25, -0.2) is 4.79 Å². The van der Waals surface area contributed by atoms with Crippen LogP contribution in [0.15, 0.2) is 65.5 Å². The Kier molecular flexibility index (Phi) is 5.05. The molecule has 24 heavy (non-hydrogen) atoms. The number of hydrogen-bond donors (Lipinski definition) is 3. The molecule has 2 rings (SSSR count). The molecule has 1 aromatic carbocycles. The van der Waals surface area contributed by atoms with Gasteiger partial charge in [0, 0.05) is 11.4 Å². The van der Waals surface area contributed by atoms with Crippen molar-refractivity contribution in [2.24, 2.45) is 11.1 Å². The van der Waals surface area contributed by atoms with Crippen molar-refractivity contribution in [3.8, 4) is 0 Å². The van der Waals surface area contributed by atoms with Gasteiger partial charge in [0.05, 0.1) is 5.56 Å². The number of urea groups is 1. The van der Waals surface area contributed by atoms with Crippen molar-refractivity contribution >= 4 is 17.4 Å². The number of halogens is 3. The first-order chi connectivity index (χ1) is 11.3. The van der Waals surface area contributed by atoms with Gasteiger partial charge in [-0.2, -0.15) is 13.2 Å². The average Bonchev–Trinajstić information content (AvgIpc) is 2.49. The van der Waals surface area contributed by atoms with Crippen molar-refractivity contribution in [2.45, 2.75) is 6.18 Å². The summed E-state index contributed by atoms with van der Waals surface area (Å²) in [6, 6.07) is 3.61. The molecule has 0 bridgehead atoms. The summed E-state index contributed by atoms with van der Waals surface area (Å²) < 4.78 is 37.9. The first kappa shape index (κ1) is 17.3. The zero-order valence-corrected chi connectivity index (χ0v) is 12.2. The van der Waals surface area contributed by atoms with Crippen LogP contribution < -0.4 is 16.5 Å². The molecule has 0 spiro atoms. The predicted octanol–water partition coefficient (Wildman–Crippen LogP) is 3.08. The Hall–Kier alpha value is -3.07. The Morgan fingerprint density at radius 3 is 2.62 bits per heavy atom. The van der Waals surface area contributed by atoms with E-state index >= 15 is 0 Å². The van der Waals surface area contributed by atoms with Gasteiger partial charge in [0.25, 0.3) is 0 Å². The molecule has 1 aliphatic rings. The summed E-state index contributed by atoms with van der Waals surface area (Å²) in [6.07, 6.45) is 0.0399. The number of rotatable bonds is 3. The predicted molar refractivity (Wildman–Crippen MR) is 82.7 cm³/mol. The van der Waals surface area contributed by atoms with Gasteiger partial charge in [0.2, 0.25) is 0 Å². The molecular weight excluding hydrogens is 325 g/mol. The van der Waals surface area contributed by atoms with Crippen molar-refractivity contribution in [3.63, 3.8) is 0 Å². The second-order valence-corrected chi connectivity index (χ2v) is 4.70. The Labute approximate surface area is 135 Å². The summed E-state index contributed by atoms with van der Waals surface area (Å²) in [6.45, 7) is 3.70. The van der Waals surface area contributed by atoms with Crippen LogP contribution in [0.2, 0.25) is 0 Å². The van der Waals surface area contributed by atoms with Crippen LogP contribution in [0.25, 0.3) is 0 Å². The van der Waals surface area contributed by atoms with E-state index < -0.39 is 17.8 Å². The lowest BCUT2D eigenvalue weighted by Crippen LogP contribution is -2.28. The third-order valence-electron chi connectivity index (χ3n) is 2.94. The van der Waals surface area contributed by atoms with E-state index in [0.717, 1.165) is 12.1 Å². The quantitative estimate of drug-likeness (QED) is 0.740. The van der Waals surface area contributed by atoms with Gasteiger partial charge in [-0.1, -0.05) is 17.8 Å². The first-order valence-corrected chi connectivity index (χ1v) is 6.58. The van der Waals surface area contributed by atoms with Gasteiger partial charge in [0.1, 0.15) is 5.71 Å². The van der Waals surface area contributed by atoms with Crippen LogP contribution in [0.1, 0.15) is 5.56 Å². The van der Waals surface area contributed by atoms with Crippen molar-refractivity contribution < 1.29 is 22.9 Å². The molecule has 0 fully saturated rings. The molecule has 0 unspecified atom stereocenters. The molecule has 0 saturated carbocycles. The maximum atomic E-state index is 12.6. The number of oxime groups is 1. The topological polar surface area (TPSA) is 88.7 Å². The van der Waals surface area contributed by atoms with Crippen LogP contribution in [-0.2, 0) is 11.1 Å². The van der Waals surface area contributed by atoms with Gasteiger partial charge < -0.3 is 15.6 Å².